The van der Waals surface area contributed by atoms with Gasteiger partial charge in [-0.15, -0.1) is 0 Å². The highest BCUT2D eigenvalue weighted by Gasteiger charge is 2.27. The lowest BCUT2D eigenvalue weighted by molar-refractivity contribution is 0.101. The van der Waals surface area contributed by atoms with Crippen LogP contribution in [0.2, 0.25) is 0 Å². The minimum atomic E-state index is -0.253. The molecule has 1 aromatic heterocycles. The minimum Gasteiger partial charge on any atom is -0.492 e. The lowest BCUT2D eigenvalue weighted by Crippen LogP contribution is -2.08. The topological polar surface area (TPSA) is 61.6 Å². The van der Waals surface area contributed by atoms with Gasteiger partial charge in [0.1, 0.15) is 11.3 Å². The Morgan fingerprint density at radius 1 is 1.17 bits per heavy atom. The van der Waals surface area contributed by atoms with Crippen LogP contribution in [0.3, 0.4) is 0 Å². The molecule has 0 N–H and O–H groups in total. The number of Topliss-reactive ketones (excluding diaryl/α,β-unsaturated/α-hetero) is 1. The number of rotatable bonds is 8. The summed E-state index contributed by atoms with van der Waals surface area (Å²) in [7, 11) is 1.51. The number of hydrogen-bond donors (Lipinski definition) is 0. The largest absolute Gasteiger partial charge is 0.492 e. The third kappa shape index (κ3) is 4.18. The summed E-state index contributed by atoms with van der Waals surface area (Å²) in [5.41, 5.74) is 3.32. The Kier molecular flexibility index (Phi) is 6.44. The monoisotopic (exact) mass is 413 g/mol. The van der Waals surface area contributed by atoms with Gasteiger partial charge in [-0.25, -0.2) is 9.37 Å². The Labute approximate surface area is 176 Å². The number of fused-ring (bicyclic) bond motifs is 1. The first-order valence-corrected chi connectivity index (χ1v) is 10.1. The van der Waals surface area contributed by atoms with E-state index in [1.807, 2.05) is 20.8 Å². The van der Waals surface area contributed by atoms with E-state index in [-0.39, 0.29) is 23.4 Å². The molecule has 0 radical (unpaired) electrons. The number of ketones is 1. The summed E-state index contributed by atoms with van der Waals surface area (Å²) < 4.78 is 30.9. The highest BCUT2D eigenvalue weighted by molar-refractivity contribution is 6.05. The quantitative estimate of drug-likeness (QED) is 0.413. The van der Waals surface area contributed by atoms with Crippen LogP contribution in [-0.2, 0) is 0 Å². The standard InChI is InChI=1S/C24H28FNO4/c1-13(2)24-26-20-15(4)19(16(5)27)21(28-6)23(22(20)30-24)29-12-11-14(3)17-7-9-18(25)10-8-17/h7-10,13-14H,11-12H2,1-6H3. The maximum absolute atomic E-state index is 13.2. The first kappa shape index (κ1) is 21.8. The number of methoxy groups -OCH3 is 1. The maximum atomic E-state index is 13.2. The Hall–Kier alpha value is -2.89. The summed E-state index contributed by atoms with van der Waals surface area (Å²) >= 11 is 0. The Morgan fingerprint density at radius 3 is 2.40 bits per heavy atom. The second-order valence-electron chi connectivity index (χ2n) is 7.89. The van der Waals surface area contributed by atoms with E-state index in [2.05, 4.69) is 11.9 Å². The Bertz CT molecular complexity index is 1050. The van der Waals surface area contributed by atoms with Gasteiger partial charge in [0, 0.05) is 5.92 Å². The molecular weight excluding hydrogens is 385 g/mol. The van der Waals surface area contributed by atoms with Gasteiger partial charge in [0.15, 0.2) is 17.4 Å². The van der Waals surface area contributed by atoms with Crippen LogP contribution in [0.5, 0.6) is 11.5 Å². The van der Waals surface area contributed by atoms with Crippen molar-refractivity contribution in [3.8, 4) is 11.5 Å². The third-order valence-corrected chi connectivity index (χ3v) is 5.30. The van der Waals surface area contributed by atoms with Gasteiger partial charge in [0.2, 0.25) is 11.3 Å². The average Bonchev–Trinajstić information content (AvgIpc) is 3.15. The zero-order valence-corrected chi connectivity index (χ0v) is 18.3. The van der Waals surface area contributed by atoms with Crippen molar-refractivity contribution < 1.29 is 23.1 Å². The Balaban J connectivity index is 1.95. The molecule has 0 saturated carbocycles. The summed E-state index contributed by atoms with van der Waals surface area (Å²) in [5, 5.41) is 0. The second kappa shape index (κ2) is 8.86. The van der Waals surface area contributed by atoms with Gasteiger partial charge in [-0.2, -0.15) is 0 Å². The van der Waals surface area contributed by atoms with Crippen molar-refractivity contribution in [1.29, 1.82) is 0 Å². The molecule has 0 aliphatic heterocycles. The second-order valence-corrected chi connectivity index (χ2v) is 7.89. The smallest absolute Gasteiger partial charge is 0.207 e. The van der Waals surface area contributed by atoms with Crippen molar-refractivity contribution in [1.82, 2.24) is 4.98 Å². The molecule has 30 heavy (non-hydrogen) atoms. The lowest BCUT2D eigenvalue weighted by Gasteiger charge is -2.17. The van der Waals surface area contributed by atoms with Crippen molar-refractivity contribution in [2.24, 2.45) is 0 Å². The molecule has 1 atom stereocenters. The Morgan fingerprint density at radius 2 is 1.83 bits per heavy atom. The van der Waals surface area contributed by atoms with Crippen LogP contribution in [0.25, 0.3) is 11.1 Å². The first-order valence-electron chi connectivity index (χ1n) is 10.1. The van der Waals surface area contributed by atoms with Crippen LogP contribution in [0, 0.1) is 12.7 Å². The number of hydrogen-bond acceptors (Lipinski definition) is 5. The molecule has 5 nitrogen and oxygen atoms in total. The molecule has 0 saturated heterocycles. The number of halogens is 1. The highest BCUT2D eigenvalue weighted by Crippen LogP contribution is 2.43. The molecule has 0 bridgehead atoms. The number of carbonyl (C=O) groups is 1. The fraction of sp³-hybridized carbons (Fsp3) is 0.417. The van der Waals surface area contributed by atoms with Gasteiger partial charge in [-0.3, -0.25) is 4.79 Å². The van der Waals surface area contributed by atoms with Gasteiger partial charge < -0.3 is 13.9 Å². The maximum Gasteiger partial charge on any atom is 0.207 e. The number of oxazole rings is 1. The van der Waals surface area contributed by atoms with E-state index in [4.69, 9.17) is 13.9 Å². The molecule has 3 aromatic rings. The van der Waals surface area contributed by atoms with Crippen LogP contribution in [0.1, 0.15) is 73.3 Å². The number of nitrogens with zero attached hydrogens (tertiary/aromatic N) is 1. The van der Waals surface area contributed by atoms with E-state index in [1.165, 1.54) is 26.2 Å². The fourth-order valence-corrected chi connectivity index (χ4v) is 3.54. The van der Waals surface area contributed by atoms with Crippen LogP contribution < -0.4 is 9.47 Å². The molecule has 0 spiro atoms. The van der Waals surface area contributed by atoms with Gasteiger partial charge >= 0.3 is 0 Å². The van der Waals surface area contributed by atoms with Crippen LogP contribution >= 0.6 is 0 Å². The van der Waals surface area contributed by atoms with Gasteiger partial charge in [0.25, 0.3) is 0 Å². The predicted molar refractivity (Wildman–Crippen MR) is 114 cm³/mol. The minimum absolute atomic E-state index is 0.0925. The number of aromatic nitrogens is 1. The molecule has 6 heteroatoms. The summed E-state index contributed by atoms with van der Waals surface area (Å²) in [5.74, 6) is 1.24. The van der Waals surface area contributed by atoms with Crippen LogP contribution in [0.4, 0.5) is 4.39 Å². The molecule has 1 heterocycles. The van der Waals surface area contributed by atoms with Crippen LogP contribution in [0.15, 0.2) is 28.7 Å². The molecule has 1 unspecified atom stereocenters. The molecule has 0 fully saturated rings. The van der Waals surface area contributed by atoms with E-state index in [1.54, 1.807) is 12.1 Å². The molecule has 0 aliphatic carbocycles. The predicted octanol–water partition coefficient (Wildman–Crippen LogP) is 6.18. The van der Waals surface area contributed by atoms with Crippen molar-refractivity contribution in [3.05, 3.63) is 52.7 Å². The number of carbonyl (C=O) groups excluding carboxylic acids is 1. The van der Waals surface area contributed by atoms with Crippen molar-refractivity contribution >= 4 is 16.9 Å². The molecule has 160 valence electrons. The summed E-state index contributed by atoms with van der Waals surface area (Å²) in [4.78, 5) is 17.0. The fourth-order valence-electron chi connectivity index (χ4n) is 3.54. The van der Waals surface area contributed by atoms with E-state index in [0.717, 1.165) is 11.1 Å². The molecule has 2 aromatic carbocycles. The zero-order valence-electron chi connectivity index (χ0n) is 18.3. The lowest BCUT2D eigenvalue weighted by atomic mass is 9.98. The van der Waals surface area contributed by atoms with Gasteiger partial charge in [-0.1, -0.05) is 32.9 Å². The van der Waals surface area contributed by atoms with Crippen molar-refractivity contribution in [2.45, 2.75) is 52.9 Å². The highest BCUT2D eigenvalue weighted by atomic mass is 19.1. The third-order valence-electron chi connectivity index (χ3n) is 5.30. The van der Waals surface area contributed by atoms with Crippen molar-refractivity contribution in [2.75, 3.05) is 13.7 Å². The summed E-state index contributed by atoms with van der Waals surface area (Å²) in [6.45, 7) is 9.77. The molecule has 3 rings (SSSR count). The van der Waals surface area contributed by atoms with E-state index >= 15 is 0 Å². The average molecular weight is 413 g/mol. The number of ether oxygens (including phenoxy) is 2. The SMILES string of the molecule is COc1c(C(C)=O)c(C)c2nc(C(C)C)oc2c1OCCC(C)c1ccc(F)cc1. The first-order chi connectivity index (χ1) is 14.2. The normalized spacial score (nSPS) is 12.4. The van der Waals surface area contributed by atoms with Gasteiger partial charge in [0.05, 0.1) is 19.3 Å². The van der Waals surface area contributed by atoms with Crippen molar-refractivity contribution in [3.63, 3.8) is 0 Å². The number of benzene rings is 2. The number of aryl methyl sites for hydroxylation is 1. The molecule has 0 amide bonds. The molecular formula is C24H28FNO4. The molecule has 0 aliphatic rings. The van der Waals surface area contributed by atoms with E-state index < -0.39 is 0 Å². The van der Waals surface area contributed by atoms with E-state index in [9.17, 15) is 9.18 Å². The van der Waals surface area contributed by atoms with Gasteiger partial charge in [-0.05, 0) is 49.4 Å². The van der Waals surface area contributed by atoms with E-state index in [0.29, 0.717) is 47.1 Å². The summed E-state index contributed by atoms with van der Waals surface area (Å²) in [6.07, 6.45) is 0.699. The van der Waals surface area contributed by atoms with Crippen LogP contribution in [-0.4, -0.2) is 24.5 Å². The zero-order chi connectivity index (χ0) is 22.0. The summed E-state index contributed by atoms with van der Waals surface area (Å²) in [6, 6.07) is 6.48.